The zero-order valence-electron chi connectivity index (χ0n) is 8.14. The SMILES string of the molecule is C[C@H](CC(=O)O)N1CC(CS)CC1=O. The van der Waals surface area contributed by atoms with Gasteiger partial charge in [-0.25, -0.2) is 0 Å². The third-order valence-electron chi connectivity index (χ3n) is 2.50. The molecule has 1 N–H and O–H groups in total. The molecule has 0 bridgehead atoms. The van der Waals surface area contributed by atoms with Crippen molar-refractivity contribution in [3.05, 3.63) is 0 Å². The number of nitrogens with zero attached hydrogens (tertiary/aromatic N) is 1. The molecule has 2 atom stereocenters. The van der Waals surface area contributed by atoms with Gasteiger partial charge in [-0.3, -0.25) is 9.59 Å². The standard InChI is InChI=1S/C9H15NO3S/c1-6(2-9(12)13)10-4-7(5-14)3-8(10)11/h6-7,14H,2-5H2,1H3,(H,12,13)/t6-,7?/m1/s1. The Labute approximate surface area is 88.7 Å². The normalized spacial score (nSPS) is 24.0. The summed E-state index contributed by atoms with van der Waals surface area (Å²) in [6, 6.07) is -0.204. The summed E-state index contributed by atoms with van der Waals surface area (Å²) in [5.74, 6) is 0.154. The third-order valence-corrected chi connectivity index (χ3v) is 3.02. The predicted octanol–water partition coefficient (Wildman–Crippen LogP) is 0.628. The highest BCUT2D eigenvalue weighted by Crippen LogP contribution is 2.21. The van der Waals surface area contributed by atoms with Gasteiger partial charge in [0.15, 0.2) is 0 Å². The van der Waals surface area contributed by atoms with Crippen LogP contribution in [0.2, 0.25) is 0 Å². The number of likely N-dealkylation sites (tertiary alicyclic amines) is 1. The van der Waals surface area contributed by atoms with Crippen molar-refractivity contribution < 1.29 is 14.7 Å². The molecule has 0 aromatic heterocycles. The summed E-state index contributed by atoms with van der Waals surface area (Å²) < 4.78 is 0. The van der Waals surface area contributed by atoms with Gasteiger partial charge in [-0.05, 0) is 18.6 Å². The maximum Gasteiger partial charge on any atom is 0.305 e. The van der Waals surface area contributed by atoms with Crippen LogP contribution in [0.1, 0.15) is 19.8 Å². The molecule has 1 heterocycles. The number of carbonyl (C=O) groups is 2. The van der Waals surface area contributed by atoms with E-state index in [0.29, 0.717) is 18.7 Å². The van der Waals surface area contributed by atoms with Crippen LogP contribution in [0.4, 0.5) is 0 Å². The lowest BCUT2D eigenvalue weighted by Gasteiger charge is -2.23. The zero-order valence-corrected chi connectivity index (χ0v) is 9.04. The first-order valence-corrected chi connectivity index (χ1v) is 5.30. The molecule has 0 radical (unpaired) electrons. The average Bonchev–Trinajstić information content (AvgIpc) is 2.45. The minimum atomic E-state index is -0.861. The van der Waals surface area contributed by atoms with Gasteiger partial charge < -0.3 is 10.0 Å². The molecule has 14 heavy (non-hydrogen) atoms. The van der Waals surface area contributed by atoms with Crippen LogP contribution in [0.25, 0.3) is 0 Å². The Hall–Kier alpha value is -0.710. The second-order valence-electron chi connectivity index (χ2n) is 3.75. The molecular weight excluding hydrogens is 202 g/mol. The second-order valence-corrected chi connectivity index (χ2v) is 4.11. The van der Waals surface area contributed by atoms with E-state index in [0.717, 1.165) is 0 Å². The van der Waals surface area contributed by atoms with E-state index in [2.05, 4.69) is 12.6 Å². The maximum absolute atomic E-state index is 11.5. The third kappa shape index (κ3) is 2.64. The molecular formula is C9H15NO3S. The molecule has 1 aliphatic rings. The van der Waals surface area contributed by atoms with Crippen molar-refractivity contribution in [1.29, 1.82) is 0 Å². The smallest absolute Gasteiger partial charge is 0.305 e. The van der Waals surface area contributed by atoms with Crippen LogP contribution >= 0.6 is 12.6 Å². The molecule has 1 unspecified atom stereocenters. The largest absolute Gasteiger partial charge is 0.481 e. The number of carboxylic acids is 1. The first kappa shape index (κ1) is 11.4. The number of aliphatic carboxylic acids is 1. The maximum atomic E-state index is 11.5. The van der Waals surface area contributed by atoms with Crippen LogP contribution in [0.5, 0.6) is 0 Å². The van der Waals surface area contributed by atoms with E-state index in [4.69, 9.17) is 5.11 Å². The number of hydrogen-bond donors (Lipinski definition) is 2. The van der Waals surface area contributed by atoms with Crippen molar-refractivity contribution in [1.82, 2.24) is 4.90 Å². The summed E-state index contributed by atoms with van der Waals surface area (Å²) in [6.07, 6.45) is 0.526. The van der Waals surface area contributed by atoms with Crippen molar-refractivity contribution in [2.45, 2.75) is 25.8 Å². The molecule has 80 valence electrons. The summed E-state index contributed by atoms with van der Waals surface area (Å²) in [6.45, 7) is 2.42. The fourth-order valence-electron chi connectivity index (χ4n) is 1.72. The van der Waals surface area contributed by atoms with E-state index in [1.54, 1.807) is 11.8 Å². The van der Waals surface area contributed by atoms with E-state index in [-0.39, 0.29) is 24.3 Å². The van der Waals surface area contributed by atoms with Crippen molar-refractivity contribution >= 4 is 24.5 Å². The van der Waals surface area contributed by atoms with Crippen LogP contribution in [-0.2, 0) is 9.59 Å². The van der Waals surface area contributed by atoms with Gasteiger partial charge in [-0.1, -0.05) is 0 Å². The number of thiol groups is 1. The van der Waals surface area contributed by atoms with E-state index in [1.165, 1.54) is 0 Å². The monoisotopic (exact) mass is 217 g/mol. The van der Waals surface area contributed by atoms with Gasteiger partial charge in [0.1, 0.15) is 0 Å². The Morgan fingerprint density at radius 3 is 2.86 bits per heavy atom. The van der Waals surface area contributed by atoms with Gasteiger partial charge in [0.25, 0.3) is 0 Å². The van der Waals surface area contributed by atoms with Gasteiger partial charge in [0.05, 0.1) is 6.42 Å². The highest BCUT2D eigenvalue weighted by atomic mass is 32.1. The minimum absolute atomic E-state index is 0.0189. The Morgan fingerprint density at radius 1 is 1.79 bits per heavy atom. The Kier molecular flexibility index (Phi) is 3.80. The molecule has 5 heteroatoms. The minimum Gasteiger partial charge on any atom is -0.481 e. The second kappa shape index (κ2) is 4.68. The summed E-state index contributed by atoms with van der Waals surface area (Å²) in [5, 5.41) is 8.60. The highest BCUT2D eigenvalue weighted by molar-refractivity contribution is 7.80. The Balaban J connectivity index is 2.52. The number of carbonyl (C=O) groups excluding carboxylic acids is 1. The van der Waals surface area contributed by atoms with Crippen molar-refractivity contribution in [3.8, 4) is 0 Å². The average molecular weight is 217 g/mol. The molecule has 1 rings (SSSR count). The molecule has 1 amide bonds. The molecule has 0 aromatic carbocycles. The number of rotatable bonds is 4. The topological polar surface area (TPSA) is 57.6 Å². The summed E-state index contributed by atoms with van der Waals surface area (Å²) >= 11 is 4.14. The lowest BCUT2D eigenvalue weighted by Crippen LogP contribution is -2.36. The summed E-state index contributed by atoms with van der Waals surface area (Å²) in [7, 11) is 0. The number of hydrogen-bond acceptors (Lipinski definition) is 3. The van der Waals surface area contributed by atoms with Crippen molar-refractivity contribution in [2.75, 3.05) is 12.3 Å². The van der Waals surface area contributed by atoms with Gasteiger partial charge in [-0.2, -0.15) is 12.6 Å². The van der Waals surface area contributed by atoms with E-state index in [9.17, 15) is 9.59 Å². The predicted molar refractivity (Wildman–Crippen MR) is 55.4 cm³/mol. The molecule has 0 aliphatic carbocycles. The van der Waals surface area contributed by atoms with Crippen molar-refractivity contribution in [2.24, 2.45) is 5.92 Å². The van der Waals surface area contributed by atoms with Gasteiger partial charge in [0.2, 0.25) is 5.91 Å². The van der Waals surface area contributed by atoms with Crippen LogP contribution in [0.15, 0.2) is 0 Å². The first-order valence-electron chi connectivity index (χ1n) is 4.66. The summed E-state index contributed by atoms with van der Waals surface area (Å²) in [5.41, 5.74) is 0. The fraction of sp³-hybridized carbons (Fsp3) is 0.778. The highest BCUT2D eigenvalue weighted by Gasteiger charge is 2.32. The molecule has 1 fully saturated rings. The Bertz CT molecular complexity index is 244. The van der Waals surface area contributed by atoms with Crippen molar-refractivity contribution in [3.63, 3.8) is 0 Å². The number of carboxylic acid groups (broad SMARTS) is 1. The quantitative estimate of drug-likeness (QED) is 0.679. The lowest BCUT2D eigenvalue weighted by molar-refractivity contribution is -0.139. The molecule has 0 spiro atoms. The van der Waals surface area contributed by atoms with E-state index in [1.807, 2.05) is 0 Å². The molecule has 1 aliphatic heterocycles. The zero-order chi connectivity index (χ0) is 10.7. The van der Waals surface area contributed by atoms with Crippen LogP contribution in [0, 0.1) is 5.92 Å². The fourth-order valence-corrected chi connectivity index (χ4v) is 1.96. The molecule has 0 saturated carbocycles. The van der Waals surface area contributed by atoms with Gasteiger partial charge in [-0.15, -0.1) is 0 Å². The van der Waals surface area contributed by atoms with E-state index >= 15 is 0 Å². The van der Waals surface area contributed by atoms with Gasteiger partial charge in [0, 0.05) is 19.0 Å². The van der Waals surface area contributed by atoms with Crippen LogP contribution in [0.3, 0.4) is 0 Å². The van der Waals surface area contributed by atoms with E-state index < -0.39 is 5.97 Å². The van der Waals surface area contributed by atoms with Crippen LogP contribution in [-0.4, -0.2) is 40.2 Å². The number of amides is 1. The van der Waals surface area contributed by atoms with Crippen LogP contribution < -0.4 is 0 Å². The molecule has 1 saturated heterocycles. The molecule has 0 aromatic rings. The van der Waals surface area contributed by atoms with Gasteiger partial charge >= 0.3 is 5.97 Å². The lowest BCUT2D eigenvalue weighted by atomic mass is 10.1. The molecule has 4 nitrogen and oxygen atoms in total. The Morgan fingerprint density at radius 2 is 2.43 bits per heavy atom. The summed E-state index contributed by atoms with van der Waals surface area (Å²) in [4.78, 5) is 23.6. The first-order chi connectivity index (χ1) is 6.54.